The van der Waals surface area contributed by atoms with Gasteiger partial charge in [0.05, 0.1) is 23.4 Å². The SMILES string of the molecule is COC(=O)c1ccc(Cl)c(Nc2ccnc(C(=O)Nc3ccccc3)c2)c1. The average molecular weight is 382 g/mol. The molecule has 0 unspecified atom stereocenters. The maximum Gasteiger partial charge on any atom is 0.337 e. The van der Waals surface area contributed by atoms with Crippen molar-refractivity contribution in [2.75, 3.05) is 17.7 Å². The Bertz CT molecular complexity index is 977. The molecule has 0 spiro atoms. The van der Waals surface area contributed by atoms with Crippen molar-refractivity contribution in [1.29, 1.82) is 0 Å². The van der Waals surface area contributed by atoms with E-state index in [-0.39, 0.29) is 11.6 Å². The van der Waals surface area contributed by atoms with Gasteiger partial charge in [-0.2, -0.15) is 0 Å². The Kier molecular flexibility index (Phi) is 5.68. The molecule has 0 radical (unpaired) electrons. The lowest BCUT2D eigenvalue weighted by Crippen LogP contribution is -2.13. The van der Waals surface area contributed by atoms with E-state index in [0.717, 1.165) is 0 Å². The van der Waals surface area contributed by atoms with Crippen molar-refractivity contribution in [2.45, 2.75) is 0 Å². The van der Waals surface area contributed by atoms with Crippen LogP contribution in [-0.2, 0) is 4.74 Å². The van der Waals surface area contributed by atoms with E-state index in [1.807, 2.05) is 18.2 Å². The third-order valence-corrected chi connectivity index (χ3v) is 4.02. The minimum Gasteiger partial charge on any atom is -0.465 e. The topological polar surface area (TPSA) is 80.3 Å². The van der Waals surface area contributed by atoms with Crippen molar-refractivity contribution in [3.05, 3.63) is 83.1 Å². The van der Waals surface area contributed by atoms with Crippen molar-refractivity contribution >= 4 is 40.5 Å². The van der Waals surface area contributed by atoms with Crippen LogP contribution in [-0.4, -0.2) is 24.0 Å². The van der Waals surface area contributed by atoms with Crippen LogP contribution in [0.15, 0.2) is 66.9 Å². The molecule has 7 heteroatoms. The van der Waals surface area contributed by atoms with Gasteiger partial charge in [0.2, 0.25) is 0 Å². The fourth-order valence-electron chi connectivity index (χ4n) is 2.37. The Morgan fingerprint density at radius 3 is 2.52 bits per heavy atom. The summed E-state index contributed by atoms with van der Waals surface area (Å²) in [6.07, 6.45) is 1.51. The first-order valence-corrected chi connectivity index (χ1v) is 8.42. The minimum atomic E-state index is -0.465. The van der Waals surface area contributed by atoms with Gasteiger partial charge in [-0.25, -0.2) is 4.79 Å². The molecule has 0 saturated carbocycles. The maximum atomic E-state index is 12.4. The molecular weight excluding hydrogens is 366 g/mol. The summed E-state index contributed by atoms with van der Waals surface area (Å²) in [5.74, 6) is -0.799. The summed E-state index contributed by atoms with van der Waals surface area (Å²) in [5, 5.41) is 6.29. The Morgan fingerprint density at radius 2 is 1.78 bits per heavy atom. The number of esters is 1. The van der Waals surface area contributed by atoms with E-state index >= 15 is 0 Å². The lowest BCUT2D eigenvalue weighted by atomic mass is 10.2. The standard InChI is InChI=1S/C20H16ClN3O3/c1-27-20(26)13-7-8-16(21)17(11-13)23-15-9-10-22-18(12-15)19(25)24-14-5-3-2-4-6-14/h2-12H,1H3,(H,22,23)(H,24,25). The third-order valence-electron chi connectivity index (χ3n) is 3.69. The van der Waals surface area contributed by atoms with Crippen LogP contribution < -0.4 is 10.6 Å². The first kappa shape index (κ1) is 18.4. The molecule has 0 aliphatic carbocycles. The van der Waals surface area contributed by atoms with Crippen LogP contribution in [0.3, 0.4) is 0 Å². The Hall–Kier alpha value is -3.38. The lowest BCUT2D eigenvalue weighted by Gasteiger charge is -2.11. The molecule has 0 fully saturated rings. The third kappa shape index (κ3) is 4.62. The fourth-order valence-corrected chi connectivity index (χ4v) is 2.54. The number of nitrogens with zero attached hydrogens (tertiary/aromatic N) is 1. The number of carbonyl (C=O) groups excluding carboxylic acids is 2. The number of benzene rings is 2. The molecule has 3 aromatic rings. The number of ether oxygens (including phenoxy) is 1. The Morgan fingerprint density at radius 1 is 1.00 bits per heavy atom. The van der Waals surface area contributed by atoms with Crippen LogP contribution in [0.4, 0.5) is 17.1 Å². The molecule has 0 saturated heterocycles. The van der Waals surface area contributed by atoms with Crippen LogP contribution in [0, 0.1) is 0 Å². The number of para-hydroxylation sites is 1. The number of carbonyl (C=O) groups is 2. The van der Waals surface area contributed by atoms with Crippen molar-refractivity contribution in [3.63, 3.8) is 0 Å². The number of amides is 1. The summed E-state index contributed by atoms with van der Waals surface area (Å²) in [6.45, 7) is 0. The minimum absolute atomic E-state index is 0.240. The predicted molar refractivity (Wildman–Crippen MR) is 105 cm³/mol. The molecule has 0 aliphatic heterocycles. The van der Waals surface area contributed by atoms with E-state index in [1.165, 1.54) is 13.3 Å². The molecule has 27 heavy (non-hydrogen) atoms. The second-order valence-corrected chi connectivity index (χ2v) is 5.97. The normalized spacial score (nSPS) is 10.1. The molecular formula is C20H16ClN3O3. The Labute approximate surface area is 161 Å². The quantitative estimate of drug-likeness (QED) is 0.635. The van der Waals surface area contributed by atoms with Crippen LogP contribution in [0.5, 0.6) is 0 Å². The van der Waals surface area contributed by atoms with Crippen molar-refractivity contribution < 1.29 is 14.3 Å². The average Bonchev–Trinajstić information content (AvgIpc) is 2.70. The molecule has 2 N–H and O–H groups in total. The number of rotatable bonds is 5. The Balaban J connectivity index is 1.80. The number of nitrogens with one attached hydrogen (secondary N) is 2. The highest BCUT2D eigenvalue weighted by atomic mass is 35.5. The first-order valence-electron chi connectivity index (χ1n) is 8.04. The van der Waals surface area contributed by atoms with Crippen LogP contribution >= 0.6 is 11.6 Å². The first-order chi connectivity index (χ1) is 13.1. The van der Waals surface area contributed by atoms with Gasteiger partial charge >= 0.3 is 5.97 Å². The van der Waals surface area contributed by atoms with E-state index in [4.69, 9.17) is 16.3 Å². The van der Waals surface area contributed by atoms with Crippen LogP contribution in [0.1, 0.15) is 20.8 Å². The predicted octanol–water partition coefficient (Wildman–Crippen LogP) is 4.52. The van der Waals surface area contributed by atoms with Crippen molar-refractivity contribution in [2.24, 2.45) is 0 Å². The number of halogens is 1. The van der Waals surface area contributed by atoms with E-state index in [9.17, 15) is 9.59 Å². The summed E-state index contributed by atoms with van der Waals surface area (Å²) >= 11 is 6.19. The molecule has 136 valence electrons. The van der Waals surface area contributed by atoms with Gasteiger partial charge in [-0.05, 0) is 42.5 Å². The highest BCUT2D eigenvalue weighted by Crippen LogP contribution is 2.27. The molecule has 0 bridgehead atoms. The molecule has 1 heterocycles. The van der Waals surface area contributed by atoms with Gasteiger partial charge in [0.25, 0.3) is 5.91 Å². The lowest BCUT2D eigenvalue weighted by molar-refractivity contribution is 0.0600. The molecule has 1 aromatic heterocycles. The zero-order valence-electron chi connectivity index (χ0n) is 14.4. The van der Waals surface area contributed by atoms with E-state index in [1.54, 1.807) is 42.5 Å². The van der Waals surface area contributed by atoms with Crippen molar-refractivity contribution in [3.8, 4) is 0 Å². The maximum absolute atomic E-state index is 12.4. The zero-order valence-corrected chi connectivity index (χ0v) is 15.2. The second kappa shape index (κ2) is 8.33. The summed E-state index contributed by atoms with van der Waals surface area (Å²) in [5.41, 5.74) is 2.40. The highest BCUT2D eigenvalue weighted by molar-refractivity contribution is 6.33. The molecule has 2 aromatic carbocycles. The summed E-state index contributed by atoms with van der Waals surface area (Å²) in [7, 11) is 1.31. The second-order valence-electron chi connectivity index (χ2n) is 5.56. The van der Waals surface area contributed by atoms with Gasteiger partial charge in [-0.3, -0.25) is 9.78 Å². The zero-order chi connectivity index (χ0) is 19.2. The highest BCUT2D eigenvalue weighted by Gasteiger charge is 2.11. The molecule has 3 rings (SSSR count). The number of hydrogen-bond donors (Lipinski definition) is 2. The number of pyridine rings is 1. The van der Waals surface area contributed by atoms with Gasteiger partial charge in [-0.15, -0.1) is 0 Å². The summed E-state index contributed by atoms with van der Waals surface area (Å²) in [4.78, 5) is 28.2. The van der Waals surface area contributed by atoms with Gasteiger partial charge in [0.1, 0.15) is 5.69 Å². The monoisotopic (exact) mass is 381 g/mol. The summed E-state index contributed by atoms with van der Waals surface area (Å²) < 4.78 is 4.72. The molecule has 6 nitrogen and oxygen atoms in total. The number of anilines is 3. The van der Waals surface area contributed by atoms with E-state index < -0.39 is 5.97 Å². The fraction of sp³-hybridized carbons (Fsp3) is 0.0500. The number of aromatic nitrogens is 1. The molecule has 0 atom stereocenters. The van der Waals surface area contributed by atoms with Gasteiger partial charge in [-0.1, -0.05) is 29.8 Å². The van der Waals surface area contributed by atoms with Gasteiger partial charge in [0, 0.05) is 17.6 Å². The molecule has 1 amide bonds. The van der Waals surface area contributed by atoms with Crippen LogP contribution in [0.25, 0.3) is 0 Å². The smallest absolute Gasteiger partial charge is 0.337 e. The van der Waals surface area contributed by atoms with Crippen LogP contribution in [0.2, 0.25) is 5.02 Å². The van der Waals surface area contributed by atoms with E-state index in [2.05, 4.69) is 15.6 Å². The van der Waals surface area contributed by atoms with Gasteiger partial charge in [0.15, 0.2) is 0 Å². The van der Waals surface area contributed by atoms with E-state index in [0.29, 0.717) is 27.6 Å². The molecule has 0 aliphatic rings. The summed E-state index contributed by atoms with van der Waals surface area (Å²) in [6, 6.07) is 17.2. The number of hydrogen-bond acceptors (Lipinski definition) is 5. The van der Waals surface area contributed by atoms with Gasteiger partial charge < -0.3 is 15.4 Å². The number of methoxy groups -OCH3 is 1. The largest absolute Gasteiger partial charge is 0.465 e. The van der Waals surface area contributed by atoms with Crippen molar-refractivity contribution in [1.82, 2.24) is 4.98 Å².